The molecule has 11 aromatic carbocycles. The molecule has 2 aliphatic carbocycles. The molecule has 4 heteroatoms. The van der Waals surface area contributed by atoms with Crippen LogP contribution in [0.4, 0.5) is 42.9 Å². The molecule has 1 spiro atoms. The van der Waals surface area contributed by atoms with Crippen molar-refractivity contribution in [2.45, 2.75) is 5.41 Å². The van der Waals surface area contributed by atoms with Crippen molar-refractivity contribution in [3.05, 3.63) is 264 Å². The summed E-state index contributed by atoms with van der Waals surface area (Å²) in [5.41, 5.74) is 13.6. The SMILES string of the molecule is Fc1ccccc1N(c1ccccc1)c1ccc2c3c(ccc2c1)-c1ccc2cc(N(c4ccccc4)c4ccccc4F)ccc2c1C31c2ccccc2-c2c1ccc1ccccc21. The summed E-state index contributed by atoms with van der Waals surface area (Å²) in [4.78, 5) is 4.01. The molecule has 0 heterocycles. The second kappa shape index (κ2) is 14.3. The van der Waals surface area contributed by atoms with E-state index in [-0.39, 0.29) is 11.6 Å². The normalized spacial score (nSPS) is 12.9. The van der Waals surface area contributed by atoms with Gasteiger partial charge in [-0.05, 0) is 150 Å². The maximum absolute atomic E-state index is 15.8. The van der Waals surface area contributed by atoms with Gasteiger partial charge >= 0.3 is 0 Å². The second-order valence-electron chi connectivity index (χ2n) is 17.0. The molecule has 0 N–H and O–H groups in total. The van der Waals surface area contributed by atoms with Gasteiger partial charge in [0.2, 0.25) is 0 Å². The molecule has 0 unspecified atom stereocenters. The zero-order valence-electron chi connectivity index (χ0n) is 35.1. The van der Waals surface area contributed by atoms with E-state index in [1.165, 1.54) is 67.4 Å². The van der Waals surface area contributed by atoms with Crippen LogP contribution < -0.4 is 9.80 Å². The van der Waals surface area contributed by atoms with E-state index < -0.39 is 5.41 Å². The number of fused-ring (bicyclic) bond motifs is 16. The Bertz CT molecular complexity index is 3530. The van der Waals surface area contributed by atoms with Gasteiger partial charge in [0.05, 0.1) is 16.8 Å². The minimum Gasteiger partial charge on any atom is -0.308 e. The minimum atomic E-state index is -0.696. The lowest BCUT2D eigenvalue weighted by atomic mass is 9.68. The molecule has 0 radical (unpaired) electrons. The van der Waals surface area contributed by atoms with Gasteiger partial charge in [-0.15, -0.1) is 0 Å². The van der Waals surface area contributed by atoms with Crippen molar-refractivity contribution in [1.82, 2.24) is 0 Å². The molecule has 65 heavy (non-hydrogen) atoms. The first-order chi connectivity index (χ1) is 32.1. The van der Waals surface area contributed by atoms with E-state index in [2.05, 4.69) is 121 Å². The molecule has 0 bridgehead atoms. The van der Waals surface area contributed by atoms with Crippen molar-refractivity contribution in [1.29, 1.82) is 0 Å². The highest BCUT2D eigenvalue weighted by Crippen LogP contribution is 2.66. The summed E-state index contributed by atoms with van der Waals surface area (Å²) in [6.45, 7) is 0. The molecule has 0 aromatic heterocycles. The highest BCUT2D eigenvalue weighted by molar-refractivity contribution is 6.13. The van der Waals surface area contributed by atoms with Crippen LogP contribution in [0, 0.1) is 11.6 Å². The van der Waals surface area contributed by atoms with Crippen molar-refractivity contribution in [3.8, 4) is 22.3 Å². The fraction of sp³-hybridized carbons (Fsp3) is 0.0164. The molecule has 13 rings (SSSR count). The number of anilines is 6. The lowest BCUT2D eigenvalue weighted by Crippen LogP contribution is -2.26. The van der Waals surface area contributed by atoms with E-state index in [0.29, 0.717) is 11.4 Å². The van der Waals surface area contributed by atoms with E-state index in [1.54, 1.807) is 12.1 Å². The van der Waals surface area contributed by atoms with Crippen LogP contribution in [0.2, 0.25) is 0 Å². The van der Waals surface area contributed by atoms with Gasteiger partial charge in [0, 0.05) is 22.7 Å². The number of rotatable bonds is 6. The highest BCUT2D eigenvalue weighted by Gasteiger charge is 2.53. The number of hydrogen-bond donors (Lipinski definition) is 0. The van der Waals surface area contributed by atoms with E-state index >= 15 is 8.78 Å². The Kier molecular flexibility index (Phi) is 8.22. The van der Waals surface area contributed by atoms with Gasteiger partial charge in [0.25, 0.3) is 0 Å². The first-order valence-corrected chi connectivity index (χ1v) is 22.1. The van der Waals surface area contributed by atoms with Gasteiger partial charge in [0.15, 0.2) is 0 Å². The van der Waals surface area contributed by atoms with E-state index in [9.17, 15) is 0 Å². The Morgan fingerprint density at radius 3 is 1.35 bits per heavy atom. The Labute approximate surface area is 375 Å². The van der Waals surface area contributed by atoms with Crippen LogP contribution in [0.25, 0.3) is 54.6 Å². The van der Waals surface area contributed by atoms with Crippen molar-refractivity contribution in [2.75, 3.05) is 9.80 Å². The smallest absolute Gasteiger partial charge is 0.147 e. The van der Waals surface area contributed by atoms with Crippen LogP contribution in [-0.4, -0.2) is 0 Å². The molecule has 11 aromatic rings. The quantitative estimate of drug-likeness (QED) is 0.165. The zero-order valence-corrected chi connectivity index (χ0v) is 35.1. The molecule has 2 nitrogen and oxygen atoms in total. The average molecular weight is 837 g/mol. The Morgan fingerprint density at radius 2 is 0.785 bits per heavy atom. The molecule has 0 atom stereocenters. The van der Waals surface area contributed by atoms with Crippen LogP contribution in [0.15, 0.2) is 231 Å². The number of para-hydroxylation sites is 4. The standard InChI is InChI=1S/C61H38F2N2/c62-54-23-11-13-25-56(54)64(42-16-3-1-4-17-42)44-30-34-47-40(37-44)27-32-49-50-33-28-41-38-45(65(43-18-5-2-6-19-43)57-26-14-12-24-55(57)63)31-35-48(41)60(50)61(59(47)49)52-22-10-9-21-51(52)58-46-20-8-7-15-39(46)29-36-53(58)61/h1-38H. The third-order valence-corrected chi connectivity index (χ3v) is 13.7. The predicted octanol–water partition coefficient (Wildman–Crippen LogP) is 16.7. The lowest BCUT2D eigenvalue weighted by molar-refractivity contribution is 0.628. The monoisotopic (exact) mass is 836 g/mol. The van der Waals surface area contributed by atoms with Crippen LogP contribution >= 0.6 is 0 Å². The predicted molar refractivity (Wildman–Crippen MR) is 265 cm³/mol. The first-order valence-electron chi connectivity index (χ1n) is 22.1. The molecular formula is C61H38F2N2. The molecule has 0 saturated heterocycles. The van der Waals surface area contributed by atoms with Gasteiger partial charge in [0.1, 0.15) is 11.6 Å². The molecule has 0 amide bonds. The Hall–Kier alpha value is -8.34. The molecule has 2 aliphatic rings. The van der Waals surface area contributed by atoms with Crippen LogP contribution in [0.1, 0.15) is 22.3 Å². The van der Waals surface area contributed by atoms with Gasteiger partial charge < -0.3 is 9.80 Å². The summed E-state index contributed by atoms with van der Waals surface area (Å²) in [5.74, 6) is -0.580. The van der Waals surface area contributed by atoms with Gasteiger partial charge in [-0.2, -0.15) is 0 Å². The van der Waals surface area contributed by atoms with Gasteiger partial charge in [-0.3, -0.25) is 0 Å². The summed E-state index contributed by atoms with van der Waals surface area (Å²) in [5, 5.41) is 6.82. The van der Waals surface area contributed by atoms with Crippen molar-refractivity contribution < 1.29 is 8.78 Å². The summed E-state index contributed by atoms with van der Waals surface area (Å²) in [6.07, 6.45) is 0. The molecule has 0 aliphatic heterocycles. The molecule has 306 valence electrons. The number of halogens is 2. The third-order valence-electron chi connectivity index (χ3n) is 13.7. The summed E-state index contributed by atoms with van der Waals surface area (Å²) >= 11 is 0. The molecule has 0 fully saturated rings. The summed E-state index contributed by atoms with van der Waals surface area (Å²) < 4.78 is 31.6. The second-order valence-corrected chi connectivity index (χ2v) is 17.0. The van der Waals surface area contributed by atoms with Crippen LogP contribution in [0.3, 0.4) is 0 Å². The van der Waals surface area contributed by atoms with Gasteiger partial charge in [-0.25, -0.2) is 8.78 Å². The summed E-state index contributed by atoms with van der Waals surface area (Å²) in [7, 11) is 0. The number of benzene rings is 11. The highest BCUT2D eigenvalue weighted by atomic mass is 19.1. The van der Waals surface area contributed by atoms with Crippen molar-refractivity contribution >= 4 is 66.4 Å². The first kappa shape index (κ1) is 37.2. The van der Waals surface area contributed by atoms with Crippen LogP contribution in [0.5, 0.6) is 0 Å². The average Bonchev–Trinajstić information content (AvgIpc) is 3.84. The molecule has 0 saturated carbocycles. The minimum absolute atomic E-state index is 0.290. The zero-order chi connectivity index (χ0) is 43.2. The maximum atomic E-state index is 15.8. The largest absolute Gasteiger partial charge is 0.308 e. The topological polar surface area (TPSA) is 6.48 Å². The number of nitrogens with zero attached hydrogens (tertiary/aromatic N) is 2. The summed E-state index contributed by atoms with van der Waals surface area (Å²) in [6, 6.07) is 78.5. The lowest BCUT2D eigenvalue weighted by Gasteiger charge is -2.33. The molecular weight excluding hydrogens is 799 g/mol. The number of hydrogen-bond acceptors (Lipinski definition) is 2. The van der Waals surface area contributed by atoms with E-state index in [1.807, 2.05) is 94.7 Å². The van der Waals surface area contributed by atoms with E-state index in [0.717, 1.165) is 44.3 Å². The third kappa shape index (κ3) is 5.38. The van der Waals surface area contributed by atoms with Crippen LogP contribution in [-0.2, 0) is 5.41 Å². The Morgan fingerprint density at radius 1 is 0.308 bits per heavy atom. The van der Waals surface area contributed by atoms with Crippen molar-refractivity contribution in [3.63, 3.8) is 0 Å². The fourth-order valence-corrected chi connectivity index (χ4v) is 11.2. The van der Waals surface area contributed by atoms with Gasteiger partial charge in [-0.1, -0.05) is 158 Å². The van der Waals surface area contributed by atoms with E-state index in [4.69, 9.17) is 0 Å². The Balaban J connectivity index is 1.10. The maximum Gasteiger partial charge on any atom is 0.147 e. The van der Waals surface area contributed by atoms with Crippen molar-refractivity contribution in [2.24, 2.45) is 0 Å². The fourth-order valence-electron chi connectivity index (χ4n) is 11.2.